The van der Waals surface area contributed by atoms with Gasteiger partial charge in [0.25, 0.3) is 0 Å². The predicted octanol–water partition coefficient (Wildman–Crippen LogP) is 0.529. The molecule has 16 heavy (non-hydrogen) atoms. The van der Waals surface area contributed by atoms with Gasteiger partial charge < -0.3 is 14.6 Å². The zero-order valence-electron chi connectivity index (χ0n) is 8.99. The number of nitrogens with zero attached hydrogens (tertiary/aromatic N) is 1. The maximum Gasteiger partial charge on any atom is 0.417 e. The number of hydrogen-bond acceptors (Lipinski definition) is 4. The van der Waals surface area contributed by atoms with E-state index in [0.717, 1.165) is 24.3 Å². The van der Waals surface area contributed by atoms with Crippen LogP contribution in [0, 0.1) is 0 Å². The normalized spacial score (nSPS) is 16.3. The first kappa shape index (κ1) is 9.47. The van der Waals surface area contributed by atoms with E-state index in [1.807, 2.05) is 18.2 Å². The summed E-state index contributed by atoms with van der Waals surface area (Å²) in [4.78, 5) is 15.9. The van der Waals surface area contributed by atoms with E-state index < -0.39 is 5.76 Å². The molecule has 0 saturated carbocycles. The van der Waals surface area contributed by atoms with E-state index in [0.29, 0.717) is 11.6 Å². The number of benzene rings is 1. The molecule has 1 aliphatic heterocycles. The first-order valence-electron chi connectivity index (χ1n) is 5.30. The first-order valence-corrected chi connectivity index (χ1v) is 5.30. The van der Waals surface area contributed by atoms with Gasteiger partial charge >= 0.3 is 5.76 Å². The minimum atomic E-state index is -0.403. The Labute approximate surface area is 92.1 Å². The summed E-state index contributed by atoms with van der Waals surface area (Å²) in [5.74, 6) is -0.403. The molecule has 1 aliphatic rings. The molecule has 5 nitrogen and oxygen atoms in total. The molecule has 1 fully saturated rings. The fourth-order valence-electron chi connectivity index (χ4n) is 1.92. The lowest BCUT2D eigenvalue weighted by Crippen LogP contribution is -2.56. The van der Waals surface area contributed by atoms with Crippen LogP contribution >= 0.6 is 0 Å². The van der Waals surface area contributed by atoms with Crippen LogP contribution in [0.1, 0.15) is 0 Å². The zero-order valence-corrected chi connectivity index (χ0v) is 8.99. The third-order valence-corrected chi connectivity index (χ3v) is 3.12. The van der Waals surface area contributed by atoms with Crippen LogP contribution < -0.4 is 16.0 Å². The van der Waals surface area contributed by atoms with Crippen molar-refractivity contribution in [3.8, 4) is 0 Å². The summed E-state index contributed by atoms with van der Waals surface area (Å²) in [7, 11) is 2.06. The summed E-state index contributed by atoms with van der Waals surface area (Å²) >= 11 is 0. The number of nitrogens with one attached hydrogen (secondary N) is 2. The Kier molecular flexibility index (Phi) is 2.00. The topological polar surface area (TPSA) is 61.3 Å². The molecule has 2 aromatic rings. The lowest BCUT2D eigenvalue weighted by Gasteiger charge is -2.37. The number of anilines is 1. The van der Waals surface area contributed by atoms with Gasteiger partial charge in [-0.1, -0.05) is 0 Å². The molecule has 0 unspecified atom stereocenters. The molecule has 0 bridgehead atoms. The maximum absolute atomic E-state index is 11.0. The molecule has 1 saturated heterocycles. The number of oxazole rings is 1. The fraction of sp³-hybridized carbons (Fsp3) is 0.364. The second-order valence-corrected chi connectivity index (χ2v) is 4.12. The molecule has 0 aliphatic carbocycles. The van der Waals surface area contributed by atoms with Crippen molar-refractivity contribution in [3.63, 3.8) is 0 Å². The Morgan fingerprint density at radius 2 is 2.25 bits per heavy atom. The fourth-order valence-corrected chi connectivity index (χ4v) is 1.92. The Hall–Kier alpha value is -1.75. The Balaban J connectivity index is 2.00. The summed E-state index contributed by atoms with van der Waals surface area (Å²) in [6, 6.07) is 6.28. The van der Waals surface area contributed by atoms with Crippen molar-refractivity contribution in [3.05, 3.63) is 28.7 Å². The third kappa shape index (κ3) is 1.40. The molecule has 3 rings (SSSR count). The van der Waals surface area contributed by atoms with Crippen molar-refractivity contribution in [2.75, 3.05) is 25.0 Å². The van der Waals surface area contributed by atoms with E-state index in [1.54, 1.807) is 0 Å². The van der Waals surface area contributed by atoms with Crippen LogP contribution in [0.3, 0.4) is 0 Å². The van der Waals surface area contributed by atoms with Crippen LogP contribution in [0.2, 0.25) is 0 Å². The molecule has 2 N–H and O–H groups in total. The molecule has 0 spiro atoms. The molecular weight excluding hydrogens is 206 g/mol. The monoisotopic (exact) mass is 219 g/mol. The van der Waals surface area contributed by atoms with Crippen LogP contribution in [-0.2, 0) is 0 Å². The van der Waals surface area contributed by atoms with Crippen molar-refractivity contribution >= 4 is 16.8 Å². The van der Waals surface area contributed by atoms with Crippen LogP contribution in [0.4, 0.5) is 5.69 Å². The van der Waals surface area contributed by atoms with Gasteiger partial charge in [-0.15, -0.1) is 0 Å². The van der Waals surface area contributed by atoms with Crippen molar-refractivity contribution in [2.45, 2.75) is 6.04 Å². The summed E-state index contributed by atoms with van der Waals surface area (Å²) in [6.07, 6.45) is 0. The minimum absolute atomic E-state index is 0.403. The first-order chi connectivity index (χ1) is 7.74. The van der Waals surface area contributed by atoms with Crippen LogP contribution in [-0.4, -0.2) is 31.2 Å². The Morgan fingerprint density at radius 1 is 1.44 bits per heavy atom. The van der Waals surface area contributed by atoms with E-state index in [-0.39, 0.29) is 0 Å². The highest BCUT2D eigenvalue weighted by Crippen LogP contribution is 2.21. The predicted molar refractivity (Wildman–Crippen MR) is 61.9 cm³/mol. The van der Waals surface area contributed by atoms with E-state index >= 15 is 0 Å². The number of fused-ring (bicyclic) bond motifs is 1. The molecule has 1 aromatic heterocycles. The second kappa shape index (κ2) is 3.38. The number of hydrogen-bond donors (Lipinski definition) is 2. The number of rotatable bonds is 2. The molecule has 2 heterocycles. The van der Waals surface area contributed by atoms with Gasteiger partial charge in [-0.25, -0.2) is 4.79 Å². The van der Waals surface area contributed by atoms with E-state index in [1.165, 1.54) is 0 Å². The lowest BCUT2D eigenvalue weighted by molar-refractivity contribution is 0.429. The highest BCUT2D eigenvalue weighted by atomic mass is 16.4. The van der Waals surface area contributed by atoms with Crippen LogP contribution in [0.15, 0.2) is 27.4 Å². The molecule has 0 radical (unpaired) electrons. The molecule has 1 aromatic carbocycles. The Morgan fingerprint density at radius 3 is 2.94 bits per heavy atom. The zero-order chi connectivity index (χ0) is 11.1. The molecule has 0 amide bonds. The number of H-pyrrole nitrogens is 1. The summed E-state index contributed by atoms with van der Waals surface area (Å²) in [5, 5.41) is 3.24. The van der Waals surface area contributed by atoms with Crippen molar-refractivity contribution in [1.29, 1.82) is 0 Å². The third-order valence-electron chi connectivity index (χ3n) is 3.12. The second-order valence-electron chi connectivity index (χ2n) is 4.12. The summed E-state index contributed by atoms with van der Waals surface area (Å²) < 4.78 is 4.96. The average Bonchev–Trinajstić information content (AvgIpc) is 2.53. The van der Waals surface area contributed by atoms with Gasteiger partial charge in [-0.3, -0.25) is 4.98 Å². The highest BCUT2D eigenvalue weighted by Gasteiger charge is 2.21. The standard InChI is InChI=1S/C11H13N3O2/c1-14(8-5-12-6-8)7-2-3-10-9(4-7)13-11(15)16-10/h2-4,8,12H,5-6H2,1H3,(H,13,15). The van der Waals surface area contributed by atoms with Gasteiger partial charge in [-0.05, 0) is 18.2 Å². The molecular formula is C11H13N3O2. The number of aromatic nitrogens is 1. The van der Waals surface area contributed by atoms with Crippen LogP contribution in [0.5, 0.6) is 0 Å². The minimum Gasteiger partial charge on any atom is -0.408 e. The maximum atomic E-state index is 11.0. The van der Waals surface area contributed by atoms with Crippen molar-refractivity contribution in [1.82, 2.24) is 10.3 Å². The number of aromatic amines is 1. The summed E-state index contributed by atoms with van der Waals surface area (Å²) in [6.45, 7) is 2.02. The van der Waals surface area contributed by atoms with Gasteiger partial charge in [0, 0.05) is 25.8 Å². The highest BCUT2D eigenvalue weighted by molar-refractivity contribution is 5.77. The van der Waals surface area contributed by atoms with Gasteiger partial charge in [0.1, 0.15) is 0 Å². The molecule has 0 atom stereocenters. The van der Waals surface area contributed by atoms with Gasteiger partial charge in [-0.2, -0.15) is 0 Å². The quantitative estimate of drug-likeness (QED) is 0.773. The average molecular weight is 219 g/mol. The molecule has 5 heteroatoms. The smallest absolute Gasteiger partial charge is 0.408 e. The van der Waals surface area contributed by atoms with E-state index in [4.69, 9.17) is 4.42 Å². The number of likely N-dealkylation sites (N-methyl/N-ethyl adjacent to an activating group) is 1. The van der Waals surface area contributed by atoms with E-state index in [9.17, 15) is 4.79 Å². The van der Waals surface area contributed by atoms with Crippen LogP contribution in [0.25, 0.3) is 11.1 Å². The SMILES string of the molecule is CN(c1ccc2oc(=O)[nH]c2c1)C1CNC1. The summed E-state index contributed by atoms with van der Waals surface area (Å²) in [5.41, 5.74) is 2.45. The van der Waals surface area contributed by atoms with Gasteiger partial charge in [0.2, 0.25) is 0 Å². The van der Waals surface area contributed by atoms with Gasteiger partial charge in [0.05, 0.1) is 11.6 Å². The largest absolute Gasteiger partial charge is 0.417 e. The van der Waals surface area contributed by atoms with Gasteiger partial charge in [0.15, 0.2) is 5.58 Å². The van der Waals surface area contributed by atoms with E-state index in [2.05, 4.69) is 22.2 Å². The molecule has 84 valence electrons. The lowest BCUT2D eigenvalue weighted by atomic mass is 10.1. The Bertz CT molecular complexity index is 568. The van der Waals surface area contributed by atoms with Crippen molar-refractivity contribution < 1.29 is 4.42 Å². The van der Waals surface area contributed by atoms with Crippen molar-refractivity contribution in [2.24, 2.45) is 0 Å².